The molecule has 1 amide bonds. The first-order valence-corrected chi connectivity index (χ1v) is 8.03. The van der Waals surface area contributed by atoms with Crippen molar-refractivity contribution in [1.82, 2.24) is 5.32 Å². The minimum absolute atomic E-state index is 0.0120. The molecule has 6 heteroatoms. The van der Waals surface area contributed by atoms with Crippen LogP contribution >= 0.6 is 11.6 Å². The van der Waals surface area contributed by atoms with Crippen molar-refractivity contribution in [2.75, 3.05) is 0 Å². The second kappa shape index (κ2) is 7.45. The highest BCUT2D eigenvalue weighted by molar-refractivity contribution is 6.32. The third kappa shape index (κ3) is 3.92. The fourth-order valence-electron chi connectivity index (χ4n) is 2.65. The van der Waals surface area contributed by atoms with E-state index in [1.54, 1.807) is 0 Å². The van der Waals surface area contributed by atoms with Crippen molar-refractivity contribution in [3.8, 4) is 0 Å². The average Bonchev–Trinajstić information content (AvgIpc) is 2.53. The predicted molar refractivity (Wildman–Crippen MR) is 94.5 cm³/mol. The molecule has 0 saturated carbocycles. The van der Waals surface area contributed by atoms with Crippen molar-refractivity contribution in [3.05, 3.63) is 73.8 Å². The summed E-state index contributed by atoms with van der Waals surface area (Å²) in [5, 5.41) is 13.9. The number of nitrogens with zero attached hydrogens (tertiary/aromatic N) is 1. The van der Waals surface area contributed by atoms with E-state index in [2.05, 4.69) is 11.4 Å². The number of halogens is 1. The molecule has 0 spiro atoms. The molecule has 0 bridgehead atoms. The van der Waals surface area contributed by atoms with Crippen molar-refractivity contribution >= 4 is 23.2 Å². The molecule has 2 rings (SSSR count). The molecule has 1 atom stereocenters. The van der Waals surface area contributed by atoms with E-state index in [0.717, 1.165) is 16.7 Å². The van der Waals surface area contributed by atoms with Gasteiger partial charge in [0, 0.05) is 11.6 Å². The van der Waals surface area contributed by atoms with Crippen LogP contribution in [0.4, 0.5) is 5.69 Å². The molecule has 0 fully saturated rings. The lowest BCUT2D eigenvalue weighted by atomic mass is 9.97. The van der Waals surface area contributed by atoms with Gasteiger partial charge < -0.3 is 5.32 Å². The molecule has 0 aliphatic carbocycles. The van der Waals surface area contributed by atoms with Crippen molar-refractivity contribution < 1.29 is 9.72 Å². The summed E-state index contributed by atoms with van der Waals surface area (Å²) in [6.45, 7) is 6.00. The number of rotatable bonds is 5. The van der Waals surface area contributed by atoms with E-state index in [4.69, 9.17) is 11.6 Å². The van der Waals surface area contributed by atoms with Gasteiger partial charge in [-0.2, -0.15) is 0 Å². The Hall–Kier alpha value is -2.40. The molecule has 5 nitrogen and oxygen atoms in total. The number of nitrogens with one attached hydrogen (secondary N) is 1. The Labute approximate surface area is 145 Å². The summed E-state index contributed by atoms with van der Waals surface area (Å²) in [7, 11) is 0. The summed E-state index contributed by atoms with van der Waals surface area (Å²) in [6.07, 6.45) is 0.714. The highest BCUT2D eigenvalue weighted by Crippen LogP contribution is 2.26. The van der Waals surface area contributed by atoms with Gasteiger partial charge in [0.25, 0.3) is 11.6 Å². The van der Waals surface area contributed by atoms with E-state index in [9.17, 15) is 14.9 Å². The zero-order valence-electron chi connectivity index (χ0n) is 13.8. The number of carbonyl (C=O) groups is 1. The van der Waals surface area contributed by atoms with Crippen LogP contribution in [0.15, 0.2) is 36.4 Å². The summed E-state index contributed by atoms with van der Waals surface area (Å²) < 4.78 is 0. The van der Waals surface area contributed by atoms with Gasteiger partial charge in [0.05, 0.1) is 11.0 Å². The number of nitro groups is 1. The van der Waals surface area contributed by atoms with Gasteiger partial charge in [0.15, 0.2) is 0 Å². The lowest BCUT2D eigenvalue weighted by Gasteiger charge is -2.20. The van der Waals surface area contributed by atoms with Gasteiger partial charge in [-0.05, 0) is 43.5 Å². The van der Waals surface area contributed by atoms with Crippen LogP contribution in [0.2, 0.25) is 5.02 Å². The van der Waals surface area contributed by atoms with Gasteiger partial charge in [-0.25, -0.2) is 0 Å². The molecule has 0 aliphatic heterocycles. The smallest absolute Gasteiger partial charge is 0.288 e. The monoisotopic (exact) mass is 346 g/mol. The molecule has 24 heavy (non-hydrogen) atoms. The number of aryl methyl sites for hydroxylation is 2. The summed E-state index contributed by atoms with van der Waals surface area (Å²) in [5.41, 5.74) is 3.24. The largest absolute Gasteiger partial charge is 0.345 e. The van der Waals surface area contributed by atoms with Crippen LogP contribution in [0.1, 0.15) is 46.4 Å². The molecule has 126 valence electrons. The Morgan fingerprint density at radius 1 is 1.25 bits per heavy atom. The van der Waals surface area contributed by atoms with Gasteiger partial charge in [-0.15, -0.1) is 0 Å². The highest BCUT2D eigenvalue weighted by Gasteiger charge is 2.19. The summed E-state index contributed by atoms with van der Waals surface area (Å²) in [4.78, 5) is 22.8. The maximum atomic E-state index is 12.5. The first kappa shape index (κ1) is 17.9. The molecule has 0 radical (unpaired) electrons. The van der Waals surface area contributed by atoms with Crippen LogP contribution in [0.3, 0.4) is 0 Å². The molecule has 2 aromatic carbocycles. The van der Waals surface area contributed by atoms with Crippen LogP contribution in [-0.2, 0) is 0 Å². The van der Waals surface area contributed by atoms with Crippen LogP contribution in [0.5, 0.6) is 0 Å². The maximum Gasteiger partial charge on any atom is 0.288 e. The topological polar surface area (TPSA) is 72.2 Å². The first-order chi connectivity index (χ1) is 11.3. The number of amides is 1. The molecule has 0 aromatic heterocycles. The Morgan fingerprint density at radius 3 is 2.54 bits per heavy atom. The molecule has 0 heterocycles. The van der Waals surface area contributed by atoms with Gasteiger partial charge in [0.2, 0.25) is 0 Å². The van der Waals surface area contributed by atoms with Gasteiger partial charge in [-0.1, -0.05) is 42.3 Å². The summed E-state index contributed by atoms with van der Waals surface area (Å²) in [6, 6.07) is 9.97. The zero-order chi connectivity index (χ0) is 17.9. The fraction of sp³-hybridized carbons (Fsp3) is 0.278. The second-order valence-electron chi connectivity index (χ2n) is 5.72. The number of benzene rings is 2. The molecular formula is C18H19ClN2O3. The van der Waals surface area contributed by atoms with E-state index >= 15 is 0 Å². The quantitative estimate of drug-likeness (QED) is 0.627. The van der Waals surface area contributed by atoms with Crippen molar-refractivity contribution in [3.63, 3.8) is 0 Å². The van der Waals surface area contributed by atoms with Gasteiger partial charge in [-0.3, -0.25) is 14.9 Å². The Morgan fingerprint density at radius 2 is 1.96 bits per heavy atom. The molecule has 1 N–H and O–H groups in total. The zero-order valence-corrected chi connectivity index (χ0v) is 14.6. The van der Waals surface area contributed by atoms with Gasteiger partial charge >= 0.3 is 0 Å². The second-order valence-corrected chi connectivity index (χ2v) is 6.12. The van der Waals surface area contributed by atoms with E-state index in [1.165, 1.54) is 18.2 Å². The SMILES string of the molecule is CC[C@@H](NC(=O)c1ccc(Cl)c([N+](=O)[O-])c1)c1ccc(C)cc1C. The predicted octanol–water partition coefficient (Wildman–Crippen LogP) is 4.75. The summed E-state index contributed by atoms with van der Waals surface area (Å²) in [5.74, 6) is -0.360. The Balaban J connectivity index is 2.27. The Kier molecular flexibility index (Phi) is 5.57. The van der Waals surface area contributed by atoms with Crippen molar-refractivity contribution in [2.24, 2.45) is 0 Å². The van der Waals surface area contributed by atoms with E-state index in [1.807, 2.05) is 32.9 Å². The number of nitro benzene ring substituents is 1. The third-order valence-electron chi connectivity index (χ3n) is 3.92. The highest BCUT2D eigenvalue weighted by atomic mass is 35.5. The van der Waals surface area contributed by atoms with Crippen molar-refractivity contribution in [2.45, 2.75) is 33.2 Å². The average molecular weight is 347 g/mol. The number of hydrogen-bond donors (Lipinski definition) is 1. The van der Waals surface area contributed by atoms with Crippen LogP contribution in [0.25, 0.3) is 0 Å². The van der Waals surface area contributed by atoms with Crippen LogP contribution in [0, 0.1) is 24.0 Å². The molecule has 0 aliphatic rings. The molecule has 0 unspecified atom stereocenters. The lowest BCUT2D eigenvalue weighted by Crippen LogP contribution is -2.28. The third-order valence-corrected chi connectivity index (χ3v) is 4.24. The minimum Gasteiger partial charge on any atom is -0.345 e. The lowest BCUT2D eigenvalue weighted by molar-refractivity contribution is -0.384. The van der Waals surface area contributed by atoms with Crippen LogP contribution < -0.4 is 5.32 Å². The normalized spacial score (nSPS) is 11.8. The van der Waals surface area contributed by atoms with Crippen molar-refractivity contribution in [1.29, 1.82) is 0 Å². The molecule has 0 saturated heterocycles. The molecular weight excluding hydrogens is 328 g/mol. The van der Waals surface area contributed by atoms with Crippen LogP contribution in [-0.4, -0.2) is 10.8 Å². The van der Waals surface area contributed by atoms with E-state index in [-0.39, 0.29) is 28.2 Å². The first-order valence-electron chi connectivity index (χ1n) is 7.65. The fourth-order valence-corrected chi connectivity index (χ4v) is 2.84. The summed E-state index contributed by atoms with van der Waals surface area (Å²) >= 11 is 5.79. The van der Waals surface area contributed by atoms with E-state index in [0.29, 0.717) is 6.42 Å². The maximum absolute atomic E-state index is 12.5. The molecule has 2 aromatic rings. The Bertz CT molecular complexity index is 790. The minimum atomic E-state index is -0.597. The van der Waals surface area contributed by atoms with Gasteiger partial charge in [0.1, 0.15) is 5.02 Å². The van der Waals surface area contributed by atoms with E-state index < -0.39 is 4.92 Å². The number of carbonyl (C=O) groups excluding carboxylic acids is 1. The number of hydrogen-bond acceptors (Lipinski definition) is 3. The standard InChI is InChI=1S/C18H19ClN2O3/c1-4-16(14-7-5-11(2)9-12(14)3)20-18(22)13-6-8-15(19)17(10-13)21(23)24/h5-10,16H,4H2,1-3H3,(H,20,22)/t16-/m1/s1.